The van der Waals surface area contributed by atoms with Gasteiger partial charge in [-0.2, -0.15) is 0 Å². The number of hydrogen-bond acceptors (Lipinski definition) is 2. The lowest BCUT2D eigenvalue weighted by Crippen LogP contribution is -2.23. The Labute approximate surface area is 112 Å². The van der Waals surface area contributed by atoms with Gasteiger partial charge in [0.2, 0.25) is 0 Å². The number of ether oxygens (including phenoxy) is 1. The smallest absolute Gasteiger partial charge is 0.308 e. The normalized spacial score (nSPS) is 23.9. The van der Waals surface area contributed by atoms with E-state index >= 15 is 0 Å². The second kappa shape index (κ2) is 9.41. The molecule has 0 aliphatic heterocycles. The van der Waals surface area contributed by atoms with Gasteiger partial charge in [-0.25, -0.2) is 0 Å². The van der Waals surface area contributed by atoms with Crippen LogP contribution >= 0.6 is 0 Å². The van der Waals surface area contributed by atoms with Crippen molar-refractivity contribution in [3.63, 3.8) is 0 Å². The van der Waals surface area contributed by atoms with E-state index in [-0.39, 0.29) is 11.9 Å². The van der Waals surface area contributed by atoms with Crippen LogP contribution in [0.4, 0.5) is 0 Å². The molecule has 2 heteroatoms. The maximum atomic E-state index is 11.8. The monoisotopic (exact) mass is 254 g/mol. The van der Waals surface area contributed by atoms with E-state index in [1.807, 2.05) is 0 Å². The maximum Gasteiger partial charge on any atom is 0.308 e. The molecule has 2 nitrogen and oxygen atoms in total. The van der Waals surface area contributed by atoms with Crippen LogP contribution in [0.15, 0.2) is 0 Å². The summed E-state index contributed by atoms with van der Waals surface area (Å²) in [5.74, 6) is 1.06. The van der Waals surface area contributed by atoms with Gasteiger partial charge in [0.15, 0.2) is 0 Å². The molecule has 0 N–H and O–H groups in total. The first kappa shape index (κ1) is 15.5. The van der Waals surface area contributed by atoms with Crippen molar-refractivity contribution in [3.05, 3.63) is 0 Å². The lowest BCUT2D eigenvalue weighted by molar-refractivity contribution is -0.150. The van der Waals surface area contributed by atoms with Crippen LogP contribution in [-0.4, -0.2) is 12.6 Å². The highest BCUT2D eigenvalue weighted by Gasteiger charge is 2.25. The van der Waals surface area contributed by atoms with Gasteiger partial charge in [0.25, 0.3) is 0 Å². The van der Waals surface area contributed by atoms with Crippen LogP contribution < -0.4 is 0 Å². The predicted octanol–water partition coefficient (Wildman–Crippen LogP) is 4.72. The summed E-state index contributed by atoms with van der Waals surface area (Å²) in [4.78, 5) is 11.8. The van der Waals surface area contributed by atoms with E-state index in [1.165, 1.54) is 44.9 Å². The molecule has 0 aromatic heterocycles. The quantitative estimate of drug-likeness (QED) is 0.463. The van der Waals surface area contributed by atoms with Gasteiger partial charge in [-0.1, -0.05) is 46.0 Å². The van der Waals surface area contributed by atoms with Crippen molar-refractivity contribution in [1.29, 1.82) is 0 Å². The molecule has 0 bridgehead atoms. The molecule has 1 aliphatic carbocycles. The molecular weight excluding hydrogens is 224 g/mol. The SMILES string of the molecule is CCCCCCCCOC(=O)C1CCC(C)CC1. The number of carbonyl (C=O) groups is 1. The fraction of sp³-hybridized carbons (Fsp3) is 0.938. The topological polar surface area (TPSA) is 26.3 Å². The summed E-state index contributed by atoms with van der Waals surface area (Å²) < 4.78 is 5.38. The fourth-order valence-electron chi connectivity index (χ4n) is 2.67. The maximum absolute atomic E-state index is 11.8. The fourth-order valence-corrected chi connectivity index (χ4v) is 2.67. The number of unbranched alkanes of at least 4 members (excludes halogenated alkanes) is 5. The van der Waals surface area contributed by atoms with E-state index in [0.717, 1.165) is 25.2 Å². The van der Waals surface area contributed by atoms with Gasteiger partial charge in [-0.15, -0.1) is 0 Å². The van der Waals surface area contributed by atoms with Gasteiger partial charge in [0.1, 0.15) is 0 Å². The van der Waals surface area contributed by atoms with Gasteiger partial charge < -0.3 is 4.74 Å². The molecule has 1 aliphatic rings. The van der Waals surface area contributed by atoms with Crippen LogP contribution in [0.5, 0.6) is 0 Å². The third-order valence-electron chi connectivity index (χ3n) is 4.09. The van der Waals surface area contributed by atoms with Crippen molar-refractivity contribution in [1.82, 2.24) is 0 Å². The molecule has 0 unspecified atom stereocenters. The zero-order valence-electron chi connectivity index (χ0n) is 12.2. The average molecular weight is 254 g/mol. The zero-order valence-corrected chi connectivity index (χ0v) is 12.2. The first-order valence-corrected chi connectivity index (χ1v) is 7.90. The predicted molar refractivity (Wildman–Crippen MR) is 75.5 cm³/mol. The minimum atomic E-state index is 0.0652. The molecule has 1 fully saturated rings. The van der Waals surface area contributed by atoms with Crippen molar-refractivity contribution in [2.75, 3.05) is 6.61 Å². The summed E-state index contributed by atoms with van der Waals surface area (Å²) in [7, 11) is 0. The summed E-state index contributed by atoms with van der Waals surface area (Å²) >= 11 is 0. The molecule has 0 aromatic rings. The second-order valence-corrected chi connectivity index (χ2v) is 5.89. The van der Waals surface area contributed by atoms with Gasteiger partial charge in [-0.05, 0) is 38.0 Å². The average Bonchev–Trinajstić information content (AvgIpc) is 2.38. The van der Waals surface area contributed by atoms with Crippen LogP contribution in [0, 0.1) is 11.8 Å². The summed E-state index contributed by atoms with van der Waals surface area (Å²) in [5, 5.41) is 0. The Hall–Kier alpha value is -0.530. The zero-order chi connectivity index (χ0) is 13.2. The van der Waals surface area contributed by atoms with Crippen molar-refractivity contribution in [2.24, 2.45) is 11.8 Å². The van der Waals surface area contributed by atoms with E-state index in [2.05, 4.69) is 13.8 Å². The molecule has 18 heavy (non-hydrogen) atoms. The molecule has 0 heterocycles. The molecular formula is C16H30O2. The van der Waals surface area contributed by atoms with E-state index in [9.17, 15) is 4.79 Å². The van der Waals surface area contributed by atoms with Crippen LogP contribution in [0.1, 0.15) is 78.1 Å². The Morgan fingerprint density at radius 3 is 2.28 bits per heavy atom. The molecule has 0 saturated heterocycles. The van der Waals surface area contributed by atoms with Crippen LogP contribution in [0.3, 0.4) is 0 Å². The van der Waals surface area contributed by atoms with Crippen molar-refractivity contribution >= 4 is 5.97 Å². The Balaban J connectivity index is 1.96. The third kappa shape index (κ3) is 6.42. The number of carbonyl (C=O) groups excluding carboxylic acids is 1. The number of rotatable bonds is 8. The standard InChI is InChI=1S/C16H30O2/c1-3-4-5-6-7-8-13-18-16(17)15-11-9-14(2)10-12-15/h14-15H,3-13H2,1-2H3. The summed E-state index contributed by atoms with van der Waals surface area (Å²) in [5.41, 5.74) is 0. The molecule has 0 radical (unpaired) electrons. The molecule has 1 saturated carbocycles. The molecule has 1 rings (SSSR count). The second-order valence-electron chi connectivity index (χ2n) is 5.89. The highest BCUT2D eigenvalue weighted by molar-refractivity contribution is 5.72. The minimum absolute atomic E-state index is 0.0652. The molecule has 0 amide bonds. The van der Waals surface area contributed by atoms with E-state index in [4.69, 9.17) is 4.74 Å². The Morgan fingerprint density at radius 1 is 1.00 bits per heavy atom. The molecule has 0 aromatic carbocycles. The lowest BCUT2D eigenvalue weighted by atomic mass is 9.83. The van der Waals surface area contributed by atoms with Gasteiger partial charge >= 0.3 is 5.97 Å². The van der Waals surface area contributed by atoms with Crippen LogP contribution in [0.2, 0.25) is 0 Å². The Bertz CT molecular complexity index is 217. The lowest BCUT2D eigenvalue weighted by Gasteiger charge is -2.24. The molecule has 0 atom stereocenters. The van der Waals surface area contributed by atoms with Gasteiger partial charge in [0.05, 0.1) is 12.5 Å². The van der Waals surface area contributed by atoms with E-state index in [1.54, 1.807) is 0 Å². The largest absolute Gasteiger partial charge is 0.465 e. The molecule has 106 valence electrons. The summed E-state index contributed by atoms with van der Waals surface area (Å²) in [6, 6.07) is 0. The highest BCUT2D eigenvalue weighted by atomic mass is 16.5. The van der Waals surface area contributed by atoms with Crippen molar-refractivity contribution in [3.8, 4) is 0 Å². The summed E-state index contributed by atoms with van der Waals surface area (Å²) in [6.45, 7) is 5.14. The van der Waals surface area contributed by atoms with E-state index in [0.29, 0.717) is 6.61 Å². The van der Waals surface area contributed by atoms with Gasteiger partial charge in [0, 0.05) is 0 Å². The number of hydrogen-bond donors (Lipinski definition) is 0. The minimum Gasteiger partial charge on any atom is -0.465 e. The first-order valence-electron chi connectivity index (χ1n) is 7.90. The van der Waals surface area contributed by atoms with Crippen LogP contribution in [0.25, 0.3) is 0 Å². The first-order chi connectivity index (χ1) is 8.74. The Morgan fingerprint density at radius 2 is 1.61 bits per heavy atom. The highest BCUT2D eigenvalue weighted by Crippen LogP contribution is 2.29. The molecule has 0 spiro atoms. The van der Waals surface area contributed by atoms with E-state index < -0.39 is 0 Å². The Kier molecular flexibility index (Phi) is 8.11. The van der Waals surface area contributed by atoms with Crippen molar-refractivity contribution in [2.45, 2.75) is 78.1 Å². The van der Waals surface area contributed by atoms with Gasteiger partial charge in [-0.3, -0.25) is 4.79 Å². The van der Waals surface area contributed by atoms with Crippen LogP contribution in [-0.2, 0) is 9.53 Å². The van der Waals surface area contributed by atoms with Crippen molar-refractivity contribution < 1.29 is 9.53 Å². The third-order valence-corrected chi connectivity index (χ3v) is 4.09. The summed E-state index contributed by atoms with van der Waals surface area (Å²) in [6.07, 6.45) is 11.9. The number of esters is 1.